The lowest BCUT2D eigenvalue weighted by Gasteiger charge is -2.26. The first-order chi connectivity index (χ1) is 8.37. The Hall–Kier alpha value is -1.44. The number of nitrogens with zero attached hydrogens (tertiary/aromatic N) is 1. The van der Waals surface area contributed by atoms with Crippen LogP contribution < -0.4 is 11.2 Å². The van der Waals surface area contributed by atoms with Crippen LogP contribution in [0.15, 0.2) is 15.8 Å². The highest BCUT2D eigenvalue weighted by Crippen LogP contribution is 2.33. The predicted molar refractivity (Wildman–Crippen MR) is 62.3 cm³/mol. The molecule has 0 amide bonds. The smallest absolute Gasteiger partial charge is 0.330 e. The summed E-state index contributed by atoms with van der Waals surface area (Å²) in [6.45, 7) is 2.88. The fourth-order valence-electron chi connectivity index (χ4n) is 2.20. The molecular formula is C11H16N2O5. The highest BCUT2D eigenvalue weighted by molar-refractivity contribution is 5.04. The number of aryl methyl sites for hydroxylation is 1. The second kappa shape index (κ2) is 4.34. The molecule has 2 rings (SSSR count). The number of rotatable bonds is 2. The van der Waals surface area contributed by atoms with E-state index >= 15 is 0 Å². The number of ether oxygens (including phenoxy) is 1. The minimum absolute atomic E-state index is 0.170. The van der Waals surface area contributed by atoms with Crippen LogP contribution in [-0.2, 0) is 10.5 Å². The lowest BCUT2D eigenvalue weighted by molar-refractivity contribution is -0.108. The molecule has 1 fully saturated rings. The largest absolute Gasteiger partial charge is 0.394 e. The fraction of sp³-hybridized carbons (Fsp3) is 0.636. The molecule has 3 N–H and O–H groups in total. The summed E-state index contributed by atoms with van der Waals surface area (Å²) in [5.74, 6) is 0. The van der Waals surface area contributed by atoms with Crippen molar-refractivity contribution in [3.8, 4) is 0 Å². The van der Waals surface area contributed by atoms with Gasteiger partial charge in [0.1, 0.15) is 11.8 Å². The Morgan fingerprint density at radius 2 is 2.33 bits per heavy atom. The minimum atomic E-state index is -1.07. The molecule has 1 aliphatic heterocycles. The number of hydrogen-bond acceptors (Lipinski definition) is 5. The van der Waals surface area contributed by atoms with E-state index < -0.39 is 29.2 Å². The molecule has 3 atom stereocenters. The van der Waals surface area contributed by atoms with Crippen LogP contribution in [0.5, 0.6) is 0 Å². The first kappa shape index (κ1) is 13.0. The Morgan fingerprint density at radius 3 is 2.89 bits per heavy atom. The fourth-order valence-corrected chi connectivity index (χ4v) is 2.20. The van der Waals surface area contributed by atoms with Gasteiger partial charge in [0, 0.05) is 18.2 Å². The van der Waals surface area contributed by atoms with Crippen molar-refractivity contribution in [1.82, 2.24) is 9.55 Å². The summed E-state index contributed by atoms with van der Waals surface area (Å²) < 4.78 is 6.75. The van der Waals surface area contributed by atoms with Crippen LogP contribution in [0.4, 0.5) is 0 Å². The van der Waals surface area contributed by atoms with Gasteiger partial charge < -0.3 is 14.9 Å². The number of aliphatic hydroxyl groups excluding tert-OH is 2. The van der Waals surface area contributed by atoms with Crippen LogP contribution in [0, 0.1) is 6.92 Å². The second-order valence-electron chi connectivity index (χ2n) is 4.73. The van der Waals surface area contributed by atoms with Crippen molar-refractivity contribution in [2.45, 2.75) is 38.2 Å². The van der Waals surface area contributed by atoms with Crippen molar-refractivity contribution >= 4 is 0 Å². The summed E-state index contributed by atoms with van der Waals surface area (Å²) in [4.78, 5) is 25.3. The number of nitrogens with one attached hydrogen (secondary N) is 1. The van der Waals surface area contributed by atoms with E-state index in [9.17, 15) is 14.7 Å². The SMILES string of the molecule is Cc1cn([C@@]2([14CH3])C[C@H](O)[C@@H](CO)O2)c(=O)[nH]c1=O. The van der Waals surface area contributed by atoms with E-state index in [0.717, 1.165) is 0 Å². The lowest BCUT2D eigenvalue weighted by Crippen LogP contribution is -2.43. The van der Waals surface area contributed by atoms with Gasteiger partial charge in [-0.15, -0.1) is 0 Å². The zero-order valence-electron chi connectivity index (χ0n) is 10.2. The van der Waals surface area contributed by atoms with E-state index in [0.29, 0.717) is 5.56 Å². The number of aliphatic hydroxyl groups is 2. The zero-order chi connectivity index (χ0) is 13.5. The summed E-state index contributed by atoms with van der Waals surface area (Å²) in [5, 5.41) is 18.8. The van der Waals surface area contributed by atoms with E-state index in [1.807, 2.05) is 0 Å². The maximum absolute atomic E-state index is 11.8. The molecule has 1 aliphatic rings. The predicted octanol–water partition coefficient (Wildman–Crippen LogP) is -1.34. The van der Waals surface area contributed by atoms with Crippen LogP contribution in [0.1, 0.15) is 18.9 Å². The Balaban J connectivity index is 2.47. The van der Waals surface area contributed by atoms with Crippen molar-refractivity contribution in [2.24, 2.45) is 0 Å². The molecule has 1 saturated heterocycles. The molecule has 0 unspecified atom stereocenters. The van der Waals surface area contributed by atoms with Crippen molar-refractivity contribution in [2.75, 3.05) is 6.61 Å². The van der Waals surface area contributed by atoms with Gasteiger partial charge in [-0.3, -0.25) is 14.3 Å². The summed E-state index contributed by atoms with van der Waals surface area (Å²) in [6.07, 6.45) is -0.00895. The van der Waals surface area contributed by atoms with Crippen LogP contribution >= 0.6 is 0 Å². The maximum atomic E-state index is 11.8. The summed E-state index contributed by atoms with van der Waals surface area (Å²) >= 11 is 0. The topological polar surface area (TPSA) is 105 Å². The molecule has 100 valence electrons. The van der Waals surface area contributed by atoms with Crippen molar-refractivity contribution in [1.29, 1.82) is 0 Å². The first-order valence-corrected chi connectivity index (χ1v) is 5.67. The first-order valence-electron chi connectivity index (χ1n) is 5.67. The number of hydrogen-bond donors (Lipinski definition) is 3. The molecule has 18 heavy (non-hydrogen) atoms. The third kappa shape index (κ3) is 2.00. The van der Waals surface area contributed by atoms with E-state index in [-0.39, 0.29) is 13.0 Å². The molecule has 7 nitrogen and oxygen atoms in total. The van der Waals surface area contributed by atoms with Gasteiger partial charge in [-0.05, 0) is 13.8 Å². The summed E-state index contributed by atoms with van der Waals surface area (Å²) in [7, 11) is 0. The van der Waals surface area contributed by atoms with Gasteiger partial charge >= 0.3 is 5.69 Å². The number of H-pyrrole nitrogens is 1. The number of aromatic nitrogens is 2. The van der Waals surface area contributed by atoms with Crippen molar-refractivity contribution in [3.05, 3.63) is 32.6 Å². The molecule has 2 heterocycles. The van der Waals surface area contributed by atoms with Crippen LogP contribution in [0.2, 0.25) is 0 Å². The summed E-state index contributed by atoms with van der Waals surface area (Å²) in [5.41, 5.74) is -1.74. The maximum Gasteiger partial charge on any atom is 0.330 e. The monoisotopic (exact) mass is 258 g/mol. The third-order valence-electron chi connectivity index (χ3n) is 3.23. The van der Waals surface area contributed by atoms with Crippen LogP contribution in [-0.4, -0.2) is 38.6 Å². The van der Waals surface area contributed by atoms with Gasteiger partial charge in [0.05, 0.1) is 12.7 Å². The van der Waals surface area contributed by atoms with E-state index in [1.165, 1.54) is 10.8 Å². The molecular weight excluding hydrogens is 242 g/mol. The Morgan fingerprint density at radius 1 is 1.67 bits per heavy atom. The van der Waals surface area contributed by atoms with Crippen LogP contribution in [0.25, 0.3) is 0 Å². The highest BCUT2D eigenvalue weighted by Gasteiger charge is 2.44. The van der Waals surface area contributed by atoms with E-state index in [4.69, 9.17) is 9.84 Å². The van der Waals surface area contributed by atoms with Gasteiger partial charge in [0.25, 0.3) is 5.56 Å². The van der Waals surface area contributed by atoms with Gasteiger partial charge in [-0.2, -0.15) is 0 Å². The number of aromatic amines is 1. The molecule has 0 bridgehead atoms. The van der Waals surface area contributed by atoms with Gasteiger partial charge in [0.2, 0.25) is 0 Å². The minimum Gasteiger partial charge on any atom is -0.394 e. The lowest BCUT2D eigenvalue weighted by atomic mass is 10.1. The molecule has 0 saturated carbocycles. The Bertz CT molecular complexity index is 563. The van der Waals surface area contributed by atoms with Crippen molar-refractivity contribution < 1.29 is 14.9 Å². The molecule has 0 spiro atoms. The average molecular weight is 258 g/mol. The molecule has 0 aromatic carbocycles. The van der Waals surface area contributed by atoms with Gasteiger partial charge in [0.15, 0.2) is 0 Å². The van der Waals surface area contributed by atoms with Gasteiger partial charge in [-0.25, -0.2) is 4.79 Å². The Kier molecular flexibility index (Phi) is 3.14. The molecule has 0 radical (unpaired) electrons. The van der Waals surface area contributed by atoms with Gasteiger partial charge in [-0.1, -0.05) is 0 Å². The molecule has 0 aliphatic carbocycles. The normalized spacial score (nSPS) is 31.8. The second-order valence-corrected chi connectivity index (χ2v) is 4.73. The van der Waals surface area contributed by atoms with E-state index in [1.54, 1.807) is 13.8 Å². The standard InChI is InChI=1S/C11H16N2O5/c1-6-4-13(10(17)12-9(6)16)11(2)3-7(15)8(5-14)18-11/h4,7-8,14-15H,3,5H2,1-2H3,(H,12,16,17)/t7-,8+,11+/m0/s1/i2+2. The quantitative estimate of drug-likeness (QED) is 0.609. The third-order valence-corrected chi connectivity index (χ3v) is 3.23. The highest BCUT2D eigenvalue weighted by atomic mass is 16.6. The van der Waals surface area contributed by atoms with E-state index in [2.05, 4.69) is 4.98 Å². The zero-order valence-corrected chi connectivity index (χ0v) is 10.2. The summed E-state index contributed by atoms with van der Waals surface area (Å²) in [6, 6.07) is 0. The molecule has 1 aromatic heterocycles. The Labute approximate surface area is 103 Å². The van der Waals surface area contributed by atoms with Crippen LogP contribution in [0.3, 0.4) is 0 Å². The molecule has 1 aromatic rings. The molecule has 7 heteroatoms. The van der Waals surface area contributed by atoms with Crippen molar-refractivity contribution in [3.63, 3.8) is 0 Å². The average Bonchev–Trinajstić information content (AvgIpc) is 2.59.